The summed E-state index contributed by atoms with van der Waals surface area (Å²) >= 11 is 0. The number of aryl methyl sites for hydroxylation is 1. The number of anilines is 1. The molecule has 0 saturated heterocycles. The van der Waals surface area contributed by atoms with E-state index in [4.69, 9.17) is 4.74 Å². The molecule has 6 nitrogen and oxygen atoms in total. The van der Waals surface area contributed by atoms with Gasteiger partial charge in [0.05, 0.1) is 18.4 Å². The predicted octanol–water partition coefficient (Wildman–Crippen LogP) is 4.34. The zero-order valence-electron chi connectivity index (χ0n) is 14.6. The van der Waals surface area contributed by atoms with Gasteiger partial charge in [0.1, 0.15) is 17.4 Å². The smallest absolute Gasteiger partial charge is 0.437 e. The highest BCUT2D eigenvalue weighted by molar-refractivity contribution is 6.13. The third-order valence-corrected chi connectivity index (χ3v) is 3.99. The minimum Gasteiger partial charge on any atom is -0.437 e. The summed E-state index contributed by atoms with van der Waals surface area (Å²) in [6.07, 6.45) is 0.729. The van der Waals surface area contributed by atoms with Crippen LogP contribution in [0.4, 0.5) is 19.3 Å². The third-order valence-electron chi connectivity index (χ3n) is 3.99. The Bertz CT molecular complexity index is 1030. The topological polar surface area (TPSA) is 69.6 Å². The van der Waals surface area contributed by atoms with Gasteiger partial charge in [0, 0.05) is 29.7 Å². The second kappa shape index (κ2) is 7.45. The monoisotopic (exact) mass is 374 g/mol. The van der Waals surface area contributed by atoms with Crippen molar-refractivity contribution >= 4 is 28.7 Å². The summed E-state index contributed by atoms with van der Waals surface area (Å²) in [6.45, 7) is 2.49. The molecule has 1 aromatic heterocycles. The van der Waals surface area contributed by atoms with Crippen LogP contribution in [0.25, 0.3) is 10.9 Å². The first-order valence-electron chi connectivity index (χ1n) is 8.08. The standard InChI is InChI=1S/C19H16F2N2O4/c1-3-23-10-14(18(24)22-16-6-4-11(20)8-15(16)21)13-9-12(5-7-17(13)23)27-19(25)26-2/h4-10H,3H2,1-2H3,(H,22,24). The van der Waals surface area contributed by atoms with E-state index in [1.807, 2.05) is 11.5 Å². The van der Waals surface area contributed by atoms with Crippen LogP contribution in [0.2, 0.25) is 0 Å². The molecule has 140 valence electrons. The maximum absolute atomic E-state index is 13.8. The fraction of sp³-hybridized carbons (Fsp3) is 0.158. The Morgan fingerprint density at radius 3 is 2.59 bits per heavy atom. The van der Waals surface area contributed by atoms with E-state index < -0.39 is 23.7 Å². The summed E-state index contributed by atoms with van der Waals surface area (Å²) in [5.74, 6) is -1.99. The number of amides is 1. The van der Waals surface area contributed by atoms with E-state index in [-0.39, 0.29) is 17.0 Å². The van der Waals surface area contributed by atoms with Gasteiger partial charge in [0.15, 0.2) is 0 Å². The Morgan fingerprint density at radius 2 is 1.93 bits per heavy atom. The molecule has 1 N–H and O–H groups in total. The second-order valence-electron chi connectivity index (χ2n) is 5.64. The first-order valence-corrected chi connectivity index (χ1v) is 8.08. The lowest BCUT2D eigenvalue weighted by Crippen LogP contribution is -2.13. The van der Waals surface area contributed by atoms with Crippen LogP contribution < -0.4 is 10.1 Å². The van der Waals surface area contributed by atoms with Gasteiger partial charge in [-0.15, -0.1) is 0 Å². The normalized spacial score (nSPS) is 10.7. The Hall–Kier alpha value is -3.42. The SMILES string of the molecule is CCn1cc(C(=O)Nc2ccc(F)cc2F)c2cc(OC(=O)OC)ccc21. The highest BCUT2D eigenvalue weighted by Crippen LogP contribution is 2.27. The second-order valence-corrected chi connectivity index (χ2v) is 5.64. The number of benzene rings is 2. The molecule has 0 aliphatic heterocycles. The summed E-state index contributed by atoms with van der Waals surface area (Å²) in [5, 5.41) is 2.94. The molecule has 8 heteroatoms. The summed E-state index contributed by atoms with van der Waals surface area (Å²) in [6, 6.07) is 7.68. The Labute approximate surface area is 153 Å². The molecule has 3 aromatic rings. The minimum absolute atomic E-state index is 0.138. The number of halogens is 2. The molecule has 2 aromatic carbocycles. The van der Waals surface area contributed by atoms with E-state index in [0.717, 1.165) is 17.6 Å². The van der Waals surface area contributed by atoms with Gasteiger partial charge in [-0.25, -0.2) is 13.6 Å². The molecule has 27 heavy (non-hydrogen) atoms. The fourth-order valence-electron chi connectivity index (χ4n) is 2.70. The highest BCUT2D eigenvalue weighted by Gasteiger charge is 2.18. The zero-order chi connectivity index (χ0) is 19.6. The van der Waals surface area contributed by atoms with Crippen LogP contribution in [0.1, 0.15) is 17.3 Å². The Morgan fingerprint density at radius 1 is 1.15 bits per heavy atom. The van der Waals surface area contributed by atoms with Gasteiger partial charge >= 0.3 is 6.16 Å². The van der Waals surface area contributed by atoms with Crippen LogP contribution in [0.15, 0.2) is 42.6 Å². The van der Waals surface area contributed by atoms with Crippen molar-refractivity contribution in [1.82, 2.24) is 4.57 Å². The van der Waals surface area contributed by atoms with Gasteiger partial charge in [0.25, 0.3) is 5.91 Å². The average Bonchev–Trinajstić information content (AvgIpc) is 3.02. The van der Waals surface area contributed by atoms with Crippen LogP contribution in [0.5, 0.6) is 5.75 Å². The molecular weight excluding hydrogens is 358 g/mol. The van der Waals surface area contributed by atoms with Crippen LogP contribution >= 0.6 is 0 Å². The number of carbonyl (C=O) groups is 2. The summed E-state index contributed by atoms with van der Waals surface area (Å²) in [4.78, 5) is 24.0. The van der Waals surface area contributed by atoms with E-state index >= 15 is 0 Å². The number of nitrogens with one attached hydrogen (secondary N) is 1. The molecular formula is C19H16F2N2O4. The molecule has 0 atom stereocenters. The molecule has 0 aliphatic carbocycles. The van der Waals surface area contributed by atoms with Crippen molar-refractivity contribution in [3.8, 4) is 5.75 Å². The first kappa shape index (κ1) is 18.4. The van der Waals surface area contributed by atoms with Crippen molar-refractivity contribution in [3.05, 3.63) is 59.8 Å². The lowest BCUT2D eigenvalue weighted by Gasteiger charge is -2.06. The number of fused-ring (bicyclic) bond motifs is 1. The van der Waals surface area contributed by atoms with Crippen LogP contribution in [-0.4, -0.2) is 23.7 Å². The van der Waals surface area contributed by atoms with E-state index in [9.17, 15) is 18.4 Å². The largest absolute Gasteiger partial charge is 0.513 e. The van der Waals surface area contributed by atoms with Crippen molar-refractivity contribution in [2.75, 3.05) is 12.4 Å². The number of carbonyl (C=O) groups excluding carboxylic acids is 2. The maximum Gasteiger partial charge on any atom is 0.513 e. The van der Waals surface area contributed by atoms with Gasteiger partial charge in [-0.05, 0) is 37.3 Å². The van der Waals surface area contributed by atoms with Crippen molar-refractivity contribution in [2.24, 2.45) is 0 Å². The van der Waals surface area contributed by atoms with Gasteiger partial charge in [0.2, 0.25) is 0 Å². The van der Waals surface area contributed by atoms with E-state index in [1.54, 1.807) is 18.3 Å². The molecule has 0 radical (unpaired) electrons. The number of nitrogens with zero attached hydrogens (tertiary/aromatic N) is 1. The quantitative estimate of drug-likeness (QED) is 0.545. The van der Waals surface area contributed by atoms with E-state index in [0.29, 0.717) is 18.0 Å². The van der Waals surface area contributed by atoms with Crippen LogP contribution in [0, 0.1) is 11.6 Å². The molecule has 3 rings (SSSR count). The van der Waals surface area contributed by atoms with Gasteiger partial charge < -0.3 is 19.4 Å². The number of ether oxygens (including phenoxy) is 2. The van der Waals surface area contributed by atoms with Crippen LogP contribution in [0.3, 0.4) is 0 Å². The minimum atomic E-state index is -0.886. The van der Waals surface area contributed by atoms with Gasteiger partial charge in [-0.1, -0.05) is 0 Å². The Balaban J connectivity index is 1.99. The van der Waals surface area contributed by atoms with Gasteiger partial charge in [-0.2, -0.15) is 0 Å². The molecule has 0 fully saturated rings. The molecule has 0 spiro atoms. The van der Waals surface area contributed by atoms with Crippen molar-refractivity contribution in [1.29, 1.82) is 0 Å². The number of hydrogen-bond acceptors (Lipinski definition) is 4. The zero-order valence-corrected chi connectivity index (χ0v) is 14.6. The molecule has 0 bridgehead atoms. The summed E-state index contributed by atoms with van der Waals surface area (Å²) < 4.78 is 38.1. The van der Waals surface area contributed by atoms with E-state index in [1.165, 1.54) is 13.2 Å². The van der Waals surface area contributed by atoms with Gasteiger partial charge in [-0.3, -0.25) is 4.79 Å². The highest BCUT2D eigenvalue weighted by atomic mass is 19.1. The first-order chi connectivity index (χ1) is 12.9. The summed E-state index contributed by atoms with van der Waals surface area (Å²) in [7, 11) is 1.19. The lowest BCUT2D eigenvalue weighted by atomic mass is 10.1. The number of aromatic nitrogens is 1. The maximum atomic E-state index is 13.8. The number of rotatable bonds is 4. The number of methoxy groups -OCH3 is 1. The average molecular weight is 374 g/mol. The van der Waals surface area contributed by atoms with Crippen molar-refractivity contribution < 1.29 is 27.8 Å². The predicted molar refractivity (Wildman–Crippen MR) is 95.0 cm³/mol. The van der Waals surface area contributed by atoms with E-state index in [2.05, 4.69) is 10.1 Å². The lowest BCUT2D eigenvalue weighted by molar-refractivity contribution is 0.102. The third kappa shape index (κ3) is 3.74. The molecule has 1 amide bonds. The Kier molecular flexibility index (Phi) is 5.07. The molecule has 0 saturated carbocycles. The van der Waals surface area contributed by atoms with Crippen molar-refractivity contribution in [3.63, 3.8) is 0 Å². The number of hydrogen-bond donors (Lipinski definition) is 1. The van der Waals surface area contributed by atoms with Crippen LogP contribution in [-0.2, 0) is 11.3 Å². The molecule has 1 heterocycles. The van der Waals surface area contributed by atoms with Crippen molar-refractivity contribution in [2.45, 2.75) is 13.5 Å². The summed E-state index contributed by atoms with van der Waals surface area (Å²) in [5.41, 5.74) is 0.853. The molecule has 0 aliphatic rings. The molecule has 0 unspecified atom stereocenters. The fourth-order valence-corrected chi connectivity index (χ4v) is 2.70.